The van der Waals surface area contributed by atoms with Crippen molar-refractivity contribution in [1.82, 2.24) is 4.90 Å². The van der Waals surface area contributed by atoms with Crippen molar-refractivity contribution in [2.24, 2.45) is 17.6 Å². The van der Waals surface area contributed by atoms with E-state index in [1.54, 1.807) is 0 Å². The lowest BCUT2D eigenvalue weighted by Crippen LogP contribution is -2.54. The lowest BCUT2D eigenvalue weighted by atomic mass is 9.81. The van der Waals surface area contributed by atoms with Crippen LogP contribution >= 0.6 is 0 Å². The molecule has 0 bridgehead atoms. The number of nitrogens with two attached hydrogens (primary N) is 1. The minimum atomic E-state index is -4.02. The topological polar surface area (TPSA) is 29.3 Å². The van der Waals surface area contributed by atoms with Crippen LogP contribution in [-0.4, -0.2) is 36.2 Å². The van der Waals surface area contributed by atoms with Crippen molar-refractivity contribution in [2.75, 3.05) is 13.1 Å². The third kappa shape index (κ3) is 3.18. The van der Waals surface area contributed by atoms with Crippen LogP contribution in [0.4, 0.5) is 13.2 Å². The van der Waals surface area contributed by atoms with Crippen molar-refractivity contribution >= 4 is 0 Å². The molecule has 2 nitrogen and oxygen atoms in total. The van der Waals surface area contributed by atoms with Crippen molar-refractivity contribution < 1.29 is 13.2 Å². The lowest BCUT2D eigenvalue weighted by Gasteiger charge is -2.43. The highest BCUT2D eigenvalue weighted by Gasteiger charge is 2.42. The minimum absolute atomic E-state index is 0.142. The van der Waals surface area contributed by atoms with Gasteiger partial charge in [-0.25, -0.2) is 0 Å². The summed E-state index contributed by atoms with van der Waals surface area (Å²) in [6, 6.07) is 0.437. The number of rotatable bonds is 1. The summed E-state index contributed by atoms with van der Waals surface area (Å²) in [5.41, 5.74) is 6.13. The average molecular weight is 264 g/mol. The summed E-state index contributed by atoms with van der Waals surface area (Å²) < 4.78 is 37.8. The molecular formula is C13H23F3N2. The molecule has 0 radical (unpaired) electrons. The van der Waals surface area contributed by atoms with E-state index >= 15 is 0 Å². The molecule has 3 unspecified atom stereocenters. The maximum absolute atomic E-state index is 12.6. The van der Waals surface area contributed by atoms with Crippen LogP contribution in [0.5, 0.6) is 0 Å². The highest BCUT2D eigenvalue weighted by molar-refractivity contribution is 4.90. The van der Waals surface area contributed by atoms with Gasteiger partial charge in [0.25, 0.3) is 0 Å². The quantitative estimate of drug-likeness (QED) is 0.789. The highest BCUT2D eigenvalue weighted by Crippen LogP contribution is 2.36. The first-order valence-corrected chi connectivity index (χ1v) is 6.94. The Labute approximate surface area is 107 Å². The third-order valence-electron chi connectivity index (χ3n) is 4.59. The molecule has 0 aromatic rings. The molecule has 1 saturated heterocycles. The molecular weight excluding hydrogens is 241 g/mol. The van der Waals surface area contributed by atoms with E-state index < -0.39 is 12.1 Å². The molecule has 2 N–H and O–H groups in total. The number of likely N-dealkylation sites (tertiary alicyclic amines) is 1. The maximum Gasteiger partial charge on any atom is 0.391 e. The smallest absolute Gasteiger partial charge is 0.326 e. The molecule has 2 aliphatic rings. The van der Waals surface area contributed by atoms with Crippen molar-refractivity contribution in [3.8, 4) is 0 Å². The van der Waals surface area contributed by atoms with Crippen LogP contribution in [0.1, 0.15) is 39.0 Å². The molecule has 0 aromatic carbocycles. The zero-order valence-electron chi connectivity index (χ0n) is 10.9. The van der Waals surface area contributed by atoms with Crippen LogP contribution in [0.2, 0.25) is 0 Å². The van der Waals surface area contributed by atoms with E-state index in [9.17, 15) is 13.2 Å². The van der Waals surface area contributed by atoms with Gasteiger partial charge in [0.15, 0.2) is 0 Å². The predicted molar refractivity (Wildman–Crippen MR) is 65.1 cm³/mol. The first-order valence-electron chi connectivity index (χ1n) is 6.94. The lowest BCUT2D eigenvalue weighted by molar-refractivity contribution is -0.186. The van der Waals surface area contributed by atoms with Gasteiger partial charge in [-0.15, -0.1) is 0 Å². The van der Waals surface area contributed by atoms with E-state index in [0.29, 0.717) is 25.0 Å². The molecule has 1 heterocycles. The largest absolute Gasteiger partial charge is 0.391 e. The standard InChI is InChI=1S/C13H23F3N2/c1-9-2-3-11(17)12(8-9)18-6-4-10(5-7-18)13(14,15)16/h9-12H,2-8,17H2,1H3. The first-order chi connectivity index (χ1) is 8.38. The molecule has 106 valence electrons. The monoisotopic (exact) mass is 264 g/mol. The van der Waals surface area contributed by atoms with Gasteiger partial charge in [-0.3, -0.25) is 4.90 Å². The fraction of sp³-hybridized carbons (Fsp3) is 1.00. The number of hydrogen-bond donors (Lipinski definition) is 1. The first kappa shape index (κ1) is 14.1. The second-order valence-electron chi connectivity index (χ2n) is 6.00. The Morgan fingerprint density at radius 2 is 1.67 bits per heavy atom. The van der Waals surface area contributed by atoms with Gasteiger partial charge < -0.3 is 5.73 Å². The molecule has 18 heavy (non-hydrogen) atoms. The summed E-state index contributed by atoms with van der Waals surface area (Å²) in [4.78, 5) is 2.20. The Morgan fingerprint density at radius 3 is 2.22 bits per heavy atom. The van der Waals surface area contributed by atoms with Crippen LogP contribution in [0.15, 0.2) is 0 Å². The fourth-order valence-corrected chi connectivity index (χ4v) is 3.35. The molecule has 1 aliphatic heterocycles. The van der Waals surface area contributed by atoms with Crippen LogP contribution < -0.4 is 5.73 Å². The molecule has 2 rings (SSSR count). The molecule has 3 atom stereocenters. The Balaban J connectivity index is 1.89. The van der Waals surface area contributed by atoms with Gasteiger partial charge in [-0.2, -0.15) is 13.2 Å². The zero-order chi connectivity index (χ0) is 13.3. The molecule has 5 heteroatoms. The van der Waals surface area contributed by atoms with Gasteiger partial charge in [0.2, 0.25) is 0 Å². The van der Waals surface area contributed by atoms with Gasteiger partial charge in [-0.05, 0) is 51.1 Å². The van der Waals surface area contributed by atoms with Crippen molar-refractivity contribution in [3.05, 3.63) is 0 Å². The highest BCUT2D eigenvalue weighted by atomic mass is 19.4. The summed E-state index contributed by atoms with van der Waals surface area (Å²) in [5.74, 6) is -0.457. The van der Waals surface area contributed by atoms with E-state index in [-0.39, 0.29) is 18.9 Å². The van der Waals surface area contributed by atoms with Crippen molar-refractivity contribution in [2.45, 2.75) is 57.3 Å². The van der Waals surface area contributed by atoms with Crippen molar-refractivity contribution in [3.63, 3.8) is 0 Å². The van der Waals surface area contributed by atoms with E-state index in [4.69, 9.17) is 5.73 Å². The normalized spacial score (nSPS) is 36.8. The molecule has 2 fully saturated rings. The summed E-state index contributed by atoms with van der Waals surface area (Å²) in [6.07, 6.45) is -0.351. The maximum atomic E-state index is 12.6. The number of piperidine rings is 1. The van der Waals surface area contributed by atoms with Gasteiger partial charge in [0.05, 0.1) is 5.92 Å². The zero-order valence-corrected chi connectivity index (χ0v) is 10.9. The molecule has 0 aromatic heterocycles. The number of alkyl halides is 3. The van der Waals surface area contributed by atoms with Gasteiger partial charge in [0.1, 0.15) is 0 Å². The number of nitrogens with zero attached hydrogens (tertiary/aromatic N) is 1. The van der Waals surface area contributed by atoms with E-state index in [1.807, 2.05) is 0 Å². The number of halogens is 3. The molecule has 1 saturated carbocycles. The predicted octanol–water partition coefficient (Wildman–Crippen LogP) is 2.78. The van der Waals surface area contributed by atoms with E-state index in [2.05, 4.69) is 11.8 Å². The summed E-state index contributed by atoms with van der Waals surface area (Å²) in [5, 5.41) is 0. The SMILES string of the molecule is CC1CCC(N)C(N2CCC(C(F)(F)F)CC2)C1. The van der Waals surface area contributed by atoms with Crippen LogP contribution in [0.25, 0.3) is 0 Å². The van der Waals surface area contributed by atoms with Crippen LogP contribution in [0, 0.1) is 11.8 Å². The van der Waals surface area contributed by atoms with Crippen LogP contribution in [0.3, 0.4) is 0 Å². The van der Waals surface area contributed by atoms with Gasteiger partial charge in [-0.1, -0.05) is 6.92 Å². The summed E-state index contributed by atoms with van der Waals surface area (Å²) in [7, 11) is 0. The van der Waals surface area contributed by atoms with Crippen LogP contribution in [-0.2, 0) is 0 Å². The Morgan fingerprint density at radius 1 is 1.06 bits per heavy atom. The Kier molecular flexibility index (Phi) is 4.22. The molecule has 0 amide bonds. The molecule has 0 spiro atoms. The second-order valence-corrected chi connectivity index (χ2v) is 6.00. The third-order valence-corrected chi connectivity index (χ3v) is 4.59. The number of hydrogen-bond acceptors (Lipinski definition) is 2. The molecule has 1 aliphatic carbocycles. The van der Waals surface area contributed by atoms with Gasteiger partial charge in [0, 0.05) is 12.1 Å². The second kappa shape index (κ2) is 5.37. The summed E-state index contributed by atoms with van der Waals surface area (Å²) >= 11 is 0. The fourth-order valence-electron chi connectivity index (χ4n) is 3.35. The average Bonchev–Trinajstić information content (AvgIpc) is 2.31. The minimum Gasteiger partial charge on any atom is -0.326 e. The Hall–Kier alpha value is -0.290. The summed E-state index contributed by atoms with van der Waals surface area (Å²) in [6.45, 7) is 3.31. The van der Waals surface area contributed by atoms with Crippen molar-refractivity contribution in [1.29, 1.82) is 0 Å². The van der Waals surface area contributed by atoms with E-state index in [1.165, 1.54) is 0 Å². The van der Waals surface area contributed by atoms with Gasteiger partial charge >= 0.3 is 6.18 Å². The van der Waals surface area contributed by atoms with E-state index in [0.717, 1.165) is 19.3 Å². The Bertz CT molecular complexity index is 272.